The largest absolute Gasteiger partial charge is 0.399 e. The monoisotopic (exact) mass is 267 g/mol. The highest BCUT2D eigenvalue weighted by Gasteiger charge is 2.13. The highest BCUT2D eigenvalue weighted by atomic mass is 19.1. The molecule has 3 N–H and O–H groups in total. The second kappa shape index (κ2) is 6.49. The van der Waals surface area contributed by atoms with E-state index in [9.17, 15) is 9.18 Å². The second-order valence-electron chi connectivity index (χ2n) is 4.49. The molecule has 0 atom stereocenters. The normalized spacial score (nSPS) is 16.3. The summed E-state index contributed by atoms with van der Waals surface area (Å²) in [5.41, 5.74) is 6.11. The maximum absolute atomic E-state index is 13.4. The zero-order chi connectivity index (χ0) is 13.7. The number of carbonyl (C=O) groups excluding carboxylic acids is 1. The van der Waals surface area contributed by atoms with Crippen molar-refractivity contribution < 1.29 is 13.9 Å². The summed E-state index contributed by atoms with van der Waals surface area (Å²) < 4.78 is 18.7. The lowest BCUT2D eigenvalue weighted by Crippen LogP contribution is -2.38. The summed E-state index contributed by atoms with van der Waals surface area (Å²) in [6.07, 6.45) is 0.328. The summed E-state index contributed by atoms with van der Waals surface area (Å²) in [7, 11) is 0. The molecule has 0 aromatic heterocycles. The highest BCUT2D eigenvalue weighted by Crippen LogP contribution is 2.17. The molecule has 0 unspecified atom stereocenters. The van der Waals surface area contributed by atoms with Gasteiger partial charge in [0.1, 0.15) is 5.82 Å². The summed E-state index contributed by atoms with van der Waals surface area (Å²) in [6, 6.07) is 4.12. The number of nitrogen functional groups attached to an aromatic ring is 1. The van der Waals surface area contributed by atoms with Gasteiger partial charge in [-0.3, -0.25) is 9.69 Å². The number of hydrogen-bond acceptors (Lipinski definition) is 4. The van der Waals surface area contributed by atoms with E-state index in [1.807, 2.05) is 0 Å². The van der Waals surface area contributed by atoms with Crippen LogP contribution in [-0.2, 0) is 9.53 Å². The maximum atomic E-state index is 13.4. The minimum atomic E-state index is -0.478. The number of ether oxygens (including phenoxy) is 1. The van der Waals surface area contributed by atoms with Crippen molar-refractivity contribution in [1.29, 1.82) is 0 Å². The van der Waals surface area contributed by atoms with Gasteiger partial charge in [0.15, 0.2) is 0 Å². The van der Waals surface area contributed by atoms with E-state index < -0.39 is 5.82 Å². The first-order valence-electron chi connectivity index (χ1n) is 6.30. The molecule has 1 heterocycles. The number of rotatable bonds is 4. The fourth-order valence-corrected chi connectivity index (χ4v) is 1.94. The van der Waals surface area contributed by atoms with Crippen molar-refractivity contribution in [2.75, 3.05) is 43.9 Å². The first kappa shape index (κ1) is 13.8. The van der Waals surface area contributed by atoms with E-state index in [-0.39, 0.29) is 11.6 Å². The molecule has 0 radical (unpaired) electrons. The summed E-state index contributed by atoms with van der Waals surface area (Å²) in [4.78, 5) is 13.9. The average molecular weight is 267 g/mol. The predicted octanol–water partition coefficient (Wildman–Crippen LogP) is 1.07. The zero-order valence-electron chi connectivity index (χ0n) is 10.7. The van der Waals surface area contributed by atoms with Crippen molar-refractivity contribution in [2.45, 2.75) is 6.42 Å². The predicted molar refractivity (Wildman–Crippen MR) is 71.3 cm³/mol. The average Bonchev–Trinajstić information content (AvgIpc) is 2.42. The van der Waals surface area contributed by atoms with Crippen LogP contribution in [0.3, 0.4) is 0 Å². The molecule has 1 aliphatic heterocycles. The fraction of sp³-hybridized carbons (Fsp3) is 0.462. The van der Waals surface area contributed by atoms with Crippen molar-refractivity contribution in [1.82, 2.24) is 4.90 Å². The van der Waals surface area contributed by atoms with Crippen LogP contribution in [0.5, 0.6) is 0 Å². The Hall–Kier alpha value is -1.66. The number of amides is 1. The molecule has 1 aromatic rings. The van der Waals surface area contributed by atoms with E-state index in [0.29, 0.717) is 31.9 Å². The first-order valence-corrected chi connectivity index (χ1v) is 6.30. The third kappa shape index (κ3) is 4.18. The molecule has 1 aromatic carbocycles. The van der Waals surface area contributed by atoms with E-state index in [4.69, 9.17) is 10.5 Å². The molecule has 0 saturated carbocycles. The third-order valence-electron chi connectivity index (χ3n) is 3.02. The number of nitrogens with zero attached hydrogens (tertiary/aromatic N) is 1. The van der Waals surface area contributed by atoms with E-state index in [1.165, 1.54) is 18.2 Å². The van der Waals surface area contributed by atoms with Gasteiger partial charge in [-0.1, -0.05) is 0 Å². The summed E-state index contributed by atoms with van der Waals surface area (Å²) in [5.74, 6) is -0.690. The Kier molecular flexibility index (Phi) is 4.70. The number of anilines is 2. The number of benzene rings is 1. The zero-order valence-corrected chi connectivity index (χ0v) is 10.7. The standard InChI is InChI=1S/C13H18FN3O2/c14-11-2-1-10(15)9-12(11)16-13(18)3-4-17-5-7-19-8-6-17/h1-2,9H,3-8,15H2,(H,16,18). The van der Waals surface area contributed by atoms with Gasteiger partial charge in [0.25, 0.3) is 0 Å². The second-order valence-corrected chi connectivity index (χ2v) is 4.49. The first-order chi connectivity index (χ1) is 9.15. The summed E-state index contributed by atoms with van der Waals surface area (Å²) in [5, 5.41) is 2.54. The van der Waals surface area contributed by atoms with Crippen LogP contribution in [0.4, 0.5) is 15.8 Å². The number of halogens is 1. The lowest BCUT2D eigenvalue weighted by molar-refractivity contribution is -0.116. The molecule has 1 saturated heterocycles. The lowest BCUT2D eigenvalue weighted by Gasteiger charge is -2.26. The molecule has 1 aliphatic rings. The Morgan fingerprint density at radius 2 is 2.16 bits per heavy atom. The van der Waals surface area contributed by atoms with Crippen molar-refractivity contribution in [2.24, 2.45) is 0 Å². The van der Waals surface area contributed by atoms with Crippen molar-refractivity contribution in [3.63, 3.8) is 0 Å². The van der Waals surface area contributed by atoms with Gasteiger partial charge in [0, 0.05) is 31.7 Å². The third-order valence-corrected chi connectivity index (χ3v) is 3.02. The number of nitrogens with two attached hydrogens (primary N) is 1. The van der Waals surface area contributed by atoms with Gasteiger partial charge in [-0.2, -0.15) is 0 Å². The maximum Gasteiger partial charge on any atom is 0.225 e. The van der Waals surface area contributed by atoms with Crippen molar-refractivity contribution in [3.05, 3.63) is 24.0 Å². The van der Waals surface area contributed by atoms with Crippen LogP contribution >= 0.6 is 0 Å². The van der Waals surface area contributed by atoms with Gasteiger partial charge in [-0.15, -0.1) is 0 Å². The molecule has 2 rings (SSSR count). The molecule has 0 spiro atoms. The molecular formula is C13H18FN3O2. The number of morpholine rings is 1. The molecule has 19 heavy (non-hydrogen) atoms. The van der Waals surface area contributed by atoms with Gasteiger partial charge < -0.3 is 15.8 Å². The van der Waals surface area contributed by atoms with Crippen LogP contribution in [0.25, 0.3) is 0 Å². The Morgan fingerprint density at radius 3 is 2.89 bits per heavy atom. The number of carbonyl (C=O) groups is 1. The molecule has 1 fully saturated rings. The van der Waals surface area contributed by atoms with E-state index in [2.05, 4.69) is 10.2 Å². The smallest absolute Gasteiger partial charge is 0.225 e. The van der Waals surface area contributed by atoms with Gasteiger partial charge in [0.05, 0.1) is 18.9 Å². The highest BCUT2D eigenvalue weighted by molar-refractivity contribution is 5.91. The number of hydrogen-bond donors (Lipinski definition) is 2. The van der Waals surface area contributed by atoms with Gasteiger partial charge in [-0.05, 0) is 18.2 Å². The fourth-order valence-electron chi connectivity index (χ4n) is 1.94. The van der Waals surface area contributed by atoms with Gasteiger partial charge >= 0.3 is 0 Å². The van der Waals surface area contributed by atoms with Crippen molar-refractivity contribution in [3.8, 4) is 0 Å². The summed E-state index contributed by atoms with van der Waals surface area (Å²) in [6.45, 7) is 3.72. The Bertz CT molecular complexity index is 448. The molecule has 6 heteroatoms. The van der Waals surface area contributed by atoms with Crippen LogP contribution in [0.15, 0.2) is 18.2 Å². The van der Waals surface area contributed by atoms with Crippen LogP contribution in [0, 0.1) is 5.82 Å². The Labute approximate surface area is 111 Å². The molecule has 104 valence electrons. The molecule has 0 aliphatic carbocycles. The molecule has 0 bridgehead atoms. The van der Waals surface area contributed by atoms with E-state index >= 15 is 0 Å². The number of nitrogens with one attached hydrogen (secondary N) is 1. The molecule has 5 nitrogen and oxygen atoms in total. The Morgan fingerprint density at radius 1 is 1.42 bits per heavy atom. The van der Waals surface area contributed by atoms with Crippen LogP contribution in [0.1, 0.15) is 6.42 Å². The van der Waals surface area contributed by atoms with Gasteiger partial charge in [0.2, 0.25) is 5.91 Å². The van der Waals surface area contributed by atoms with Gasteiger partial charge in [-0.25, -0.2) is 4.39 Å². The molecular weight excluding hydrogens is 249 g/mol. The van der Waals surface area contributed by atoms with Crippen LogP contribution < -0.4 is 11.1 Å². The van der Waals surface area contributed by atoms with E-state index in [0.717, 1.165) is 13.1 Å². The Balaban J connectivity index is 1.81. The van der Waals surface area contributed by atoms with Crippen LogP contribution in [0.2, 0.25) is 0 Å². The quantitative estimate of drug-likeness (QED) is 0.801. The summed E-state index contributed by atoms with van der Waals surface area (Å²) >= 11 is 0. The lowest BCUT2D eigenvalue weighted by atomic mass is 10.2. The van der Waals surface area contributed by atoms with Crippen LogP contribution in [-0.4, -0.2) is 43.7 Å². The van der Waals surface area contributed by atoms with E-state index in [1.54, 1.807) is 0 Å². The topological polar surface area (TPSA) is 67.6 Å². The SMILES string of the molecule is Nc1ccc(F)c(NC(=O)CCN2CCOCC2)c1. The molecule has 1 amide bonds. The minimum Gasteiger partial charge on any atom is -0.399 e. The van der Waals surface area contributed by atoms with Crippen molar-refractivity contribution >= 4 is 17.3 Å². The minimum absolute atomic E-state index is 0.131.